The molecule has 0 atom stereocenters. The number of nitrogens with zero attached hydrogens (tertiary/aromatic N) is 2. The molecule has 1 fully saturated rings. The quantitative estimate of drug-likeness (QED) is 0.860. The van der Waals surface area contributed by atoms with E-state index < -0.39 is 0 Å². The summed E-state index contributed by atoms with van der Waals surface area (Å²) in [5, 5.41) is 4.93. The third kappa shape index (κ3) is 2.80. The van der Waals surface area contributed by atoms with Crippen molar-refractivity contribution in [2.24, 2.45) is 0 Å². The molecule has 3 rings (SSSR count). The van der Waals surface area contributed by atoms with Gasteiger partial charge in [0.05, 0.1) is 5.39 Å². The summed E-state index contributed by atoms with van der Waals surface area (Å²) in [6.45, 7) is 4.35. The van der Waals surface area contributed by atoms with Crippen molar-refractivity contribution in [3.63, 3.8) is 0 Å². The van der Waals surface area contributed by atoms with Crippen molar-refractivity contribution >= 4 is 27.4 Å². The zero-order chi connectivity index (χ0) is 13.9. The van der Waals surface area contributed by atoms with Crippen molar-refractivity contribution in [1.82, 2.24) is 9.97 Å². The number of rotatable bonds is 2. The molecule has 2 aromatic rings. The third-order valence-corrected chi connectivity index (χ3v) is 5.53. The molecule has 4 heteroatoms. The van der Waals surface area contributed by atoms with Crippen LogP contribution in [0.3, 0.4) is 0 Å². The normalized spacial score (nSPS) is 17.9. The molecule has 0 amide bonds. The maximum atomic E-state index is 4.51. The Morgan fingerprint density at radius 1 is 1.05 bits per heavy atom. The number of anilines is 1. The van der Waals surface area contributed by atoms with Gasteiger partial charge in [-0.15, -0.1) is 11.3 Å². The monoisotopic (exact) mass is 289 g/mol. The summed E-state index contributed by atoms with van der Waals surface area (Å²) in [6.07, 6.45) is 11.1. The standard InChI is InChI=1S/C16H23N3S/c1-11-12(2)20-16-14(11)15(17-10-18-16)19-13-8-6-4-3-5-7-9-13/h10,13H,3-9H2,1-2H3,(H,17,18,19). The summed E-state index contributed by atoms with van der Waals surface area (Å²) >= 11 is 1.77. The molecule has 1 saturated carbocycles. The summed E-state index contributed by atoms with van der Waals surface area (Å²) in [5.74, 6) is 1.04. The van der Waals surface area contributed by atoms with Gasteiger partial charge in [0.1, 0.15) is 17.0 Å². The van der Waals surface area contributed by atoms with E-state index >= 15 is 0 Å². The van der Waals surface area contributed by atoms with Crippen LogP contribution in [0.2, 0.25) is 0 Å². The highest BCUT2D eigenvalue weighted by Gasteiger charge is 2.16. The van der Waals surface area contributed by atoms with Crippen LogP contribution in [0.1, 0.15) is 55.4 Å². The Balaban J connectivity index is 1.86. The molecule has 20 heavy (non-hydrogen) atoms. The molecule has 1 aliphatic carbocycles. The van der Waals surface area contributed by atoms with Gasteiger partial charge >= 0.3 is 0 Å². The van der Waals surface area contributed by atoms with Gasteiger partial charge < -0.3 is 5.32 Å². The van der Waals surface area contributed by atoms with Crippen molar-refractivity contribution in [3.05, 3.63) is 16.8 Å². The van der Waals surface area contributed by atoms with E-state index in [1.54, 1.807) is 17.7 Å². The second kappa shape index (κ2) is 6.08. The molecule has 0 radical (unpaired) electrons. The van der Waals surface area contributed by atoms with E-state index in [4.69, 9.17) is 0 Å². The Kier molecular flexibility index (Phi) is 4.20. The molecule has 0 unspecified atom stereocenters. The highest BCUT2D eigenvalue weighted by atomic mass is 32.1. The lowest BCUT2D eigenvalue weighted by Gasteiger charge is -2.22. The zero-order valence-electron chi connectivity index (χ0n) is 12.4. The minimum Gasteiger partial charge on any atom is -0.367 e. The SMILES string of the molecule is Cc1sc2ncnc(NC3CCCCCCC3)c2c1C. The van der Waals surface area contributed by atoms with Crippen molar-refractivity contribution in [2.45, 2.75) is 64.8 Å². The number of fused-ring (bicyclic) bond motifs is 1. The molecule has 0 aliphatic heterocycles. The summed E-state index contributed by atoms with van der Waals surface area (Å²) in [6, 6.07) is 0.577. The second-order valence-electron chi connectivity index (χ2n) is 5.87. The maximum Gasteiger partial charge on any atom is 0.138 e. The number of hydrogen-bond acceptors (Lipinski definition) is 4. The van der Waals surface area contributed by atoms with Crippen LogP contribution in [0, 0.1) is 13.8 Å². The first-order chi connectivity index (χ1) is 9.75. The van der Waals surface area contributed by atoms with Crippen LogP contribution in [0.5, 0.6) is 0 Å². The lowest BCUT2D eigenvalue weighted by molar-refractivity contribution is 0.471. The largest absolute Gasteiger partial charge is 0.367 e. The van der Waals surface area contributed by atoms with Crippen LogP contribution in [-0.2, 0) is 0 Å². The van der Waals surface area contributed by atoms with Crippen molar-refractivity contribution in [3.8, 4) is 0 Å². The van der Waals surface area contributed by atoms with E-state index in [0.29, 0.717) is 6.04 Å². The molecule has 108 valence electrons. The highest BCUT2D eigenvalue weighted by Crippen LogP contribution is 2.33. The number of aryl methyl sites for hydroxylation is 2. The molecule has 0 saturated heterocycles. The average Bonchev–Trinajstić information content (AvgIpc) is 2.69. The minimum absolute atomic E-state index is 0.577. The smallest absolute Gasteiger partial charge is 0.138 e. The first-order valence-electron chi connectivity index (χ1n) is 7.73. The number of thiophene rings is 1. The predicted molar refractivity (Wildman–Crippen MR) is 86.6 cm³/mol. The molecule has 0 aromatic carbocycles. The predicted octanol–water partition coefficient (Wildman–Crippen LogP) is 4.83. The molecular weight excluding hydrogens is 266 g/mol. The number of nitrogens with one attached hydrogen (secondary N) is 1. The Bertz CT molecular complexity index is 583. The molecule has 1 N–H and O–H groups in total. The van der Waals surface area contributed by atoms with Crippen LogP contribution < -0.4 is 5.32 Å². The Morgan fingerprint density at radius 2 is 1.75 bits per heavy atom. The topological polar surface area (TPSA) is 37.8 Å². The lowest BCUT2D eigenvalue weighted by Crippen LogP contribution is -2.21. The Hall–Kier alpha value is -1.16. The number of hydrogen-bond donors (Lipinski definition) is 1. The van der Waals surface area contributed by atoms with E-state index in [-0.39, 0.29) is 0 Å². The minimum atomic E-state index is 0.577. The maximum absolute atomic E-state index is 4.51. The van der Waals surface area contributed by atoms with Gasteiger partial charge in [-0.1, -0.05) is 32.1 Å². The summed E-state index contributed by atoms with van der Waals surface area (Å²) in [7, 11) is 0. The Morgan fingerprint density at radius 3 is 2.50 bits per heavy atom. The van der Waals surface area contributed by atoms with E-state index in [1.165, 1.54) is 60.8 Å². The van der Waals surface area contributed by atoms with Crippen LogP contribution >= 0.6 is 11.3 Å². The summed E-state index contributed by atoms with van der Waals surface area (Å²) in [5.41, 5.74) is 1.33. The molecule has 2 aromatic heterocycles. The lowest BCUT2D eigenvalue weighted by atomic mass is 9.96. The van der Waals surface area contributed by atoms with Crippen LogP contribution in [0.25, 0.3) is 10.2 Å². The highest BCUT2D eigenvalue weighted by molar-refractivity contribution is 7.18. The molecule has 1 aliphatic rings. The van der Waals surface area contributed by atoms with Gasteiger partial charge in [0.25, 0.3) is 0 Å². The fraction of sp³-hybridized carbons (Fsp3) is 0.625. The second-order valence-corrected chi connectivity index (χ2v) is 7.08. The zero-order valence-corrected chi connectivity index (χ0v) is 13.2. The molecule has 2 heterocycles. The van der Waals surface area contributed by atoms with Crippen LogP contribution in [0.15, 0.2) is 6.33 Å². The van der Waals surface area contributed by atoms with E-state index in [2.05, 4.69) is 29.1 Å². The van der Waals surface area contributed by atoms with Gasteiger partial charge in [0.2, 0.25) is 0 Å². The van der Waals surface area contributed by atoms with Gasteiger partial charge in [0, 0.05) is 10.9 Å². The van der Waals surface area contributed by atoms with Gasteiger partial charge in [-0.3, -0.25) is 0 Å². The van der Waals surface area contributed by atoms with E-state index in [1.807, 2.05) is 0 Å². The first-order valence-corrected chi connectivity index (χ1v) is 8.54. The van der Waals surface area contributed by atoms with E-state index in [0.717, 1.165) is 10.6 Å². The fourth-order valence-electron chi connectivity index (χ4n) is 3.09. The van der Waals surface area contributed by atoms with Crippen LogP contribution in [0.4, 0.5) is 5.82 Å². The molecule has 0 bridgehead atoms. The van der Waals surface area contributed by atoms with Gasteiger partial charge in [0.15, 0.2) is 0 Å². The van der Waals surface area contributed by atoms with E-state index in [9.17, 15) is 0 Å². The first kappa shape index (κ1) is 13.8. The van der Waals surface area contributed by atoms with Gasteiger partial charge in [-0.05, 0) is 32.3 Å². The van der Waals surface area contributed by atoms with Gasteiger partial charge in [-0.25, -0.2) is 9.97 Å². The Labute approximate surface area is 124 Å². The fourth-order valence-corrected chi connectivity index (χ4v) is 4.08. The van der Waals surface area contributed by atoms with Crippen molar-refractivity contribution in [2.75, 3.05) is 5.32 Å². The van der Waals surface area contributed by atoms with Gasteiger partial charge in [-0.2, -0.15) is 0 Å². The summed E-state index contributed by atoms with van der Waals surface area (Å²) < 4.78 is 0. The van der Waals surface area contributed by atoms with Crippen LogP contribution in [-0.4, -0.2) is 16.0 Å². The number of aromatic nitrogens is 2. The van der Waals surface area contributed by atoms with Crippen molar-refractivity contribution in [1.29, 1.82) is 0 Å². The van der Waals surface area contributed by atoms with Crippen molar-refractivity contribution < 1.29 is 0 Å². The molecule has 3 nitrogen and oxygen atoms in total. The molecular formula is C16H23N3S. The molecule has 0 spiro atoms. The average molecular weight is 289 g/mol. The summed E-state index contributed by atoms with van der Waals surface area (Å²) in [4.78, 5) is 11.4. The third-order valence-electron chi connectivity index (χ3n) is 4.41.